The summed E-state index contributed by atoms with van der Waals surface area (Å²) >= 11 is 0. The van der Waals surface area contributed by atoms with Crippen molar-refractivity contribution in [3.05, 3.63) is 46.7 Å². The summed E-state index contributed by atoms with van der Waals surface area (Å²) in [5.74, 6) is -0.325. The number of fused-ring (bicyclic) bond motifs is 1. The standard InChI is InChI=1S/C23H32N4O2/c1-2-22(20-8-7-18-5-3-4-6-19(18)15-20)26-17-21(16-24)23(28)25-9-10-27-11-13-29-14-12-27/h7-8,15,17,22,26H,2-6,9-14H2,1H3,(H,25,28)/b21-17-. The van der Waals surface area contributed by atoms with E-state index in [2.05, 4.69) is 40.7 Å². The third-order valence-electron chi connectivity index (χ3n) is 5.79. The second-order valence-electron chi connectivity index (χ2n) is 7.74. The van der Waals surface area contributed by atoms with E-state index < -0.39 is 0 Å². The number of morpholine rings is 1. The summed E-state index contributed by atoms with van der Waals surface area (Å²) in [6, 6.07) is 8.82. The van der Waals surface area contributed by atoms with E-state index in [4.69, 9.17) is 4.74 Å². The van der Waals surface area contributed by atoms with Gasteiger partial charge in [0.15, 0.2) is 0 Å². The number of rotatable bonds is 8. The van der Waals surface area contributed by atoms with Crippen LogP contribution in [0.5, 0.6) is 0 Å². The van der Waals surface area contributed by atoms with Gasteiger partial charge in [-0.2, -0.15) is 5.26 Å². The van der Waals surface area contributed by atoms with Crippen molar-refractivity contribution in [3.63, 3.8) is 0 Å². The normalized spacial score (nSPS) is 18.4. The Hall–Kier alpha value is -2.36. The average Bonchev–Trinajstić information content (AvgIpc) is 2.77. The molecule has 1 amide bonds. The molecule has 0 saturated carbocycles. The lowest BCUT2D eigenvalue weighted by molar-refractivity contribution is -0.117. The van der Waals surface area contributed by atoms with Gasteiger partial charge in [-0.3, -0.25) is 9.69 Å². The smallest absolute Gasteiger partial charge is 0.263 e. The number of carbonyl (C=O) groups excluding carboxylic acids is 1. The third kappa shape index (κ3) is 6.06. The molecule has 1 heterocycles. The van der Waals surface area contributed by atoms with E-state index in [0.717, 1.165) is 45.7 Å². The van der Waals surface area contributed by atoms with Crippen molar-refractivity contribution in [2.24, 2.45) is 0 Å². The summed E-state index contributed by atoms with van der Waals surface area (Å²) < 4.78 is 5.33. The second-order valence-corrected chi connectivity index (χ2v) is 7.74. The van der Waals surface area contributed by atoms with Gasteiger partial charge in [0, 0.05) is 32.4 Å². The average molecular weight is 397 g/mol. The van der Waals surface area contributed by atoms with E-state index in [-0.39, 0.29) is 17.5 Å². The Kier molecular flexibility index (Phi) is 8.09. The molecule has 1 saturated heterocycles. The Morgan fingerprint density at radius 3 is 2.76 bits per heavy atom. The van der Waals surface area contributed by atoms with Gasteiger partial charge in [-0.1, -0.05) is 25.1 Å². The first-order chi connectivity index (χ1) is 14.2. The largest absolute Gasteiger partial charge is 0.383 e. The van der Waals surface area contributed by atoms with Crippen LogP contribution in [-0.4, -0.2) is 50.2 Å². The highest BCUT2D eigenvalue weighted by atomic mass is 16.5. The fraction of sp³-hybridized carbons (Fsp3) is 0.565. The van der Waals surface area contributed by atoms with Gasteiger partial charge in [-0.25, -0.2) is 0 Å². The monoisotopic (exact) mass is 396 g/mol. The number of hydrogen-bond donors (Lipinski definition) is 2. The lowest BCUT2D eigenvalue weighted by atomic mass is 9.89. The molecule has 3 rings (SSSR count). The van der Waals surface area contributed by atoms with Crippen molar-refractivity contribution in [2.45, 2.75) is 45.1 Å². The van der Waals surface area contributed by atoms with Crippen LogP contribution in [0.2, 0.25) is 0 Å². The van der Waals surface area contributed by atoms with Gasteiger partial charge in [0.1, 0.15) is 11.6 Å². The molecule has 1 unspecified atom stereocenters. The molecular weight excluding hydrogens is 364 g/mol. The van der Waals surface area contributed by atoms with Crippen LogP contribution < -0.4 is 10.6 Å². The van der Waals surface area contributed by atoms with Crippen LogP contribution in [0.1, 0.15) is 48.9 Å². The number of nitrogens with one attached hydrogen (secondary N) is 2. The van der Waals surface area contributed by atoms with Gasteiger partial charge >= 0.3 is 0 Å². The fourth-order valence-corrected chi connectivity index (χ4v) is 4.00. The Balaban J connectivity index is 1.54. The Bertz CT molecular complexity index is 763. The number of carbonyl (C=O) groups is 1. The lowest BCUT2D eigenvalue weighted by Crippen LogP contribution is -2.41. The Morgan fingerprint density at radius 2 is 2.03 bits per heavy atom. The van der Waals surface area contributed by atoms with Crippen molar-refractivity contribution in [1.29, 1.82) is 5.26 Å². The molecule has 1 fully saturated rings. The number of nitriles is 1. The predicted octanol–water partition coefficient (Wildman–Crippen LogP) is 2.46. The molecule has 2 N–H and O–H groups in total. The van der Waals surface area contributed by atoms with Gasteiger partial charge in [-0.05, 0) is 48.8 Å². The molecular formula is C23H32N4O2. The zero-order valence-electron chi connectivity index (χ0n) is 17.4. The fourth-order valence-electron chi connectivity index (χ4n) is 4.00. The molecule has 29 heavy (non-hydrogen) atoms. The maximum atomic E-state index is 12.4. The molecule has 0 bridgehead atoms. The van der Waals surface area contributed by atoms with Crippen LogP contribution in [0.3, 0.4) is 0 Å². The van der Waals surface area contributed by atoms with Crippen molar-refractivity contribution in [2.75, 3.05) is 39.4 Å². The van der Waals surface area contributed by atoms with E-state index in [9.17, 15) is 10.1 Å². The highest BCUT2D eigenvalue weighted by molar-refractivity contribution is 5.97. The van der Waals surface area contributed by atoms with Crippen LogP contribution >= 0.6 is 0 Å². The number of benzene rings is 1. The van der Waals surface area contributed by atoms with Crippen LogP contribution in [0, 0.1) is 11.3 Å². The van der Waals surface area contributed by atoms with Crippen LogP contribution in [0.15, 0.2) is 30.0 Å². The zero-order valence-corrected chi connectivity index (χ0v) is 17.4. The number of amides is 1. The number of hydrogen-bond acceptors (Lipinski definition) is 5. The summed E-state index contributed by atoms with van der Waals surface area (Å²) in [7, 11) is 0. The minimum Gasteiger partial charge on any atom is -0.383 e. The third-order valence-corrected chi connectivity index (χ3v) is 5.79. The molecule has 1 aromatic carbocycles. The van der Waals surface area contributed by atoms with E-state index in [1.807, 2.05) is 6.07 Å². The molecule has 156 valence electrons. The maximum absolute atomic E-state index is 12.4. The molecule has 0 aromatic heterocycles. The lowest BCUT2D eigenvalue weighted by Gasteiger charge is -2.26. The molecule has 6 nitrogen and oxygen atoms in total. The first kappa shape index (κ1) is 21.4. The van der Waals surface area contributed by atoms with Gasteiger partial charge in [0.05, 0.1) is 19.3 Å². The van der Waals surface area contributed by atoms with Crippen molar-refractivity contribution >= 4 is 5.91 Å². The topological polar surface area (TPSA) is 77.4 Å². The zero-order chi connectivity index (χ0) is 20.5. The van der Waals surface area contributed by atoms with Gasteiger partial charge < -0.3 is 15.4 Å². The first-order valence-corrected chi connectivity index (χ1v) is 10.8. The number of nitrogens with zero attached hydrogens (tertiary/aromatic N) is 2. The second kappa shape index (κ2) is 11.0. The Morgan fingerprint density at radius 1 is 1.28 bits per heavy atom. The molecule has 2 aliphatic rings. The summed E-state index contributed by atoms with van der Waals surface area (Å²) in [6.07, 6.45) is 7.29. The first-order valence-electron chi connectivity index (χ1n) is 10.8. The van der Waals surface area contributed by atoms with E-state index >= 15 is 0 Å². The maximum Gasteiger partial charge on any atom is 0.263 e. The van der Waals surface area contributed by atoms with E-state index in [0.29, 0.717) is 6.54 Å². The summed E-state index contributed by atoms with van der Waals surface area (Å²) in [4.78, 5) is 14.6. The minimum absolute atomic E-state index is 0.0896. The highest BCUT2D eigenvalue weighted by Gasteiger charge is 2.15. The summed E-state index contributed by atoms with van der Waals surface area (Å²) in [5.41, 5.74) is 4.24. The predicted molar refractivity (Wildman–Crippen MR) is 113 cm³/mol. The quantitative estimate of drug-likeness (QED) is 0.521. The van der Waals surface area contributed by atoms with Gasteiger partial charge in [0.2, 0.25) is 0 Å². The van der Waals surface area contributed by atoms with E-state index in [1.165, 1.54) is 36.0 Å². The molecule has 1 atom stereocenters. The molecule has 1 aliphatic carbocycles. The van der Waals surface area contributed by atoms with Crippen molar-refractivity contribution < 1.29 is 9.53 Å². The Labute approximate surface area is 173 Å². The molecule has 1 aromatic rings. The van der Waals surface area contributed by atoms with Crippen molar-refractivity contribution in [1.82, 2.24) is 15.5 Å². The summed E-state index contributed by atoms with van der Waals surface area (Å²) in [6.45, 7) is 6.66. The van der Waals surface area contributed by atoms with Crippen LogP contribution in [0.4, 0.5) is 0 Å². The molecule has 0 radical (unpaired) electrons. The SMILES string of the molecule is CCC(N/C=C(/C#N)C(=O)NCCN1CCOCC1)c1ccc2c(c1)CCCC2. The number of aryl methyl sites for hydroxylation is 2. The van der Waals surface area contributed by atoms with Gasteiger partial charge in [0.25, 0.3) is 5.91 Å². The van der Waals surface area contributed by atoms with Gasteiger partial charge in [-0.15, -0.1) is 0 Å². The summed E-state index contributed by atoms with van der Waals surface area (Å²) in [5, 5.41) is 15.6. The molecule has 6 heteroatoms. The minimum atomic E-state index is -0.325. The van der Waals surface area contributed by atoms with Crippen LogP contribution in [-0.2, 0) is 22.4 Å². The molecule has 1 aliphatic heterocycles. The number of ether oxygens (including phenoxy) is 1. The highest BCUT2D eigenvalue weighted by Crippen LogP contribution is 2.26. The molecule has 0 spiro atoms. The van der Waals surface area contributed by atoms with E-state index in [1.54, 1.807) is 6.20 Å². The van der Waals surface area contributed by atoms with Crippen LogP contribution in [0.25, 0.3) is 0 Å². The van der Waals surface area contributed by atoms with Crippen molar-refractivity contribution in [3.8, 4) is 6.07 Å².